The van der Waals surface area contributed by atoms with Gasteiger partial charge in [-0.2, -0.15) is 5.26 Å². The van der Waals surface area contributed by atoms with E-state index in [2.05, 4.69) is 15.3 Å². The van der Waals surface area contributed by atoms with Gasteiger partial charge >= 0.3 is 0 Å². The molecule has 2 aromatic heterocycles. The SMILES string of the molecule is N#Cc1ccc(C(=O)NCc2cccnc2Oc2ccc(F)cc2F)cn1. The Hall–Kier alpha value is -3.86. The number of carbonyl (C=O) groups is 1. The van der Waals surface area contributed by atoms with Crippen molar-refractivity contribution < 1.29 is 18.3 Å². The number of ether oxygens (including phenoxy) is 1. The molecule has 0 aliphatic heterocycles. The molecule has 3 aromatic rings. The zero-order valence-corrected chi connectivity index (χ0v) is 13.8. The van der Waals surface area contributed by atoms with Crippen molar-refractivity contribution in [2.45, 2.75) is 6.54 Å². The lowest BCUT2D eigenvalue weighted by molar-refractivity contribution is 0.0950. The maximum absolute atomic E-state index is 13.8. The molecule has 2 heterocycles. The molecule has 27 heavy (non-hydrogen) atoms. The first-order chi connectivity index (χ1) is 13.1. The maximum atomic E-state index is 13.8. The van der Waals surface area contributed by atoms with Gasteiger partial charge in [-0.05, 0) is 30.3 Å². The normalized spacial score (nSPS) is 10.1. The van der Waals surface area contributed by atoms with Gasteiger partial charge in [-0.1, -0.05) is 6.07 Å². The summed E-state index contributed by atoms with van der Waals surface area (Å²) >= 11 is 0. The molecule has 1 N–H and O–H groups in total. The van der Waals surface area contributed by atoms with Gasteiger partial charge in [0.2, 0.25) is 5.88 Å². The van der Waals surface area contributed by atoms with Crippen LogP contribution in [0.3, 0.4) is 0 Å². The fourth-order valence-corrected chi connectivity index (χ4v) is 2.18. The highest BCUT2D eigenvalue weighted by Gasteiger charge is 2.12. The predicted molar refractivity (Wildman–Crippen MR) is 90.8 cm³/mol. The van der Waals surface area contributed by atoms with Crippen molar-refractivity contribution in [3.63, 3.8) is 0 Å². The minimum absolute atomic E-state index is 0.0603. The van der Waals surface area contributed by atoms with Gasteiger partial charge in [-0.15, -0.1) is 0 Å². The van der Waals surface area contributed by atoms with Crippen LogP contribution in [0.25, 0.3) is 0 Å². The quantitative estimate of drug-likeness (QED) is 0.748. The molecule has 1 amide bonds. The number of benzene rings is 1. The van der Waals surface area contributed by atoms with Crippen molar-refractivity contribution in [3.8, 4) is 17.7 Å². The first-order valence-electron chi connectivity index (χ1n) is 7.78. The Morgan fingerprint density at radius 3 is 2.74 bits per heavy atom. The van der Waals surface area contributed by atoms with E-state index in [1.54, 1.807) is 12.1 Å². The molecule has 8 heteroatoms. The molecule has 0 fully saturated rings. The molecule has 6 nitrogen and oxygen atoms in total. The second-order valence-electron chi connectivity index (χ2n) is 5.37. The Morgan fingerprint density at radius 2 is 2.04 bits per heavy atom. The second-order valence-corrected chi connectivity index (χ2v) is 5.37. The number of carbonyl (C=O) groups excluding carboxylic acids is 1. The molecule has 0 unspecified atom stereocenters. The fraction of sp³-hybridized carbons (Fsp3) is 0.0526. The fourth-order valence-electron chi connectivity index (χ4n) is 2.18. The van der Waals surface area contributed by atoms with E-state index in [1.807, 2.05) is 6.07 Å². The van der Waals surface area contributed by atoms with Crippen LogP contribution >= 0.6 is 0 Å². The molecular formula is C19H12F2N4O2. The van der Waals surface area contributed by atoms with Gasteiger partial charge in [0.25, 0.3) is 5.91 Å². The van der Waals surface area contributed by atoms with E-state index in [9.17, 15) is 13.6 Å². The molecular weight excluding hydrogens is 354 g/mol. The summed E-state index contributed by atoms with van der Waals surface area (Å²) in [5.41, 5.74) is 0.983. The van der Waals surface area contributed by atoms with E-state index in [-0.39, 0.29) is 29.4 Å². The van der Waals surface area contributed by atoms with Crippen molar-refractivity contribution in [3.05, 3.63) is 83.3 Å². The number of hydrogen-bond acceptors (Lipinski definition) is 5. The van der Waals surface area contributed by atoms with Gasteiger partial charge in [0, 0.05) is 30.6 Å². The molecule has 0 saturated carbocycles. The molecule has 0 aliphatic rings. The van der Waals surface area contributed by atoms with E-state index in [0.717, 1.165) is 12.1 Å². The van der Waals surface area contributed by atoms with Crippen molar-refractivity contribution in [1.29, 1.82) is 5.26 Å². The summed E-state index contributed by atoms with van der Waals surface area (Å²) < 4.78 is 32.2. The largest absolute Gasteiger partial charge is 0.436 e. The highest BCUT2D eigenvalue weighted by Crippen LogP contribution is 2.26. The van der Waals surface area contributed by atoms with Crippen LogP contribution in [0.1, 0.15) is 21.6 Å². The van der Waals surface area contributed by atoms with Crippen LogP contribution in [0.2, 0.25) is 0 Å². The lowest BCUT2D eigenvalue weighted by atomic mass is 10.2. The highest BCUT2D eigenvalue weighted by molar-refractivity contribution is 5.93. The van der Waals surface area contributed by atoms with Gasteiger partial charge in [0.1, 0.15) is 17.6 Å². The number of nitrogens with zero attached hydrogens (tertiary/aromatic N) is 3. The Balaban J connectivity index is 1.72. The monoisotopic (exact) mass is 366 g/mol. The smallest absolute Gasteiger partial charge is 0.253 e. The van der Waals surface area contributed by atoms with Crippen LogP contribution in [0, 0.1) is 23.0 Å². The topological polar surface area (TPSA) is 87.9 Å². The summed E-state index contributed by atoms with van der Waals surface area (Å²) in [4.78, 5) is 20.0. The van der Waals surface area contributed by atoms with Crippen molar-refractivity contribution in [2.24, 2.45) is 0 Å². The molecule has 0 spiro atoms. The Kier molecular flexibility index (Phi) is 5.33. The number of amides is 1. The average molecular weight is 366 g/mol. The van der Waals surface area contributed by atoms with Crippen LogP contribution < -0.4 is 10.1 Å². The number of hydrogen-bond donors (Lipinski definition) is 1. The number of rotatable bonds is 5. The zero-order valence-electron chi connectivity index (χ0n) is 13.8. The second kappa shape index (κ2) is 8.01. The minimum Gasteiger partial charge on any atom is -0.436 e. The van der Waals surface area contributed by atoms with Crippen LogP contribution in [0.5, 0.6) is 11.6 Å². The summed E-state index contributed by atoms with van der Waals surface area (Å²) in [6.07, 6.45) is 2.75. The van der Waals surface area contributed by atoms with Crippen LogP contribution in [-0.4, -0.2) is 15.9 Å². The van der Waals surface area contributed by atoms with Gasteiger partial charge in [0.05, 0.1) is 5.56 Å². The van der Waals surface area contributed by atoms with Gasteiger partial charge in [0.15, 0.2) is 11.6 Å². The third kappa shape index (κ3) is 4.41. The minimum atomic E-state index is -0.862. The average Bonchev–Trinajstić information content (AvgIpc) is 2.69. The van der Waals surface area contributed by atoms with Crippen molar-refractivity contribution in [1.82, 2.24) is 15.3 Å². The maximum Gasteiger partial charge on any atom is 0.253 e. The summed E-state index contributed by atoms with van der Waals surface area (Å²) in [6, 6.07) is 11.0. The molecule has 1 aromatic carbocycles. The van der Waals surface area contributed by atoms with Gasteiger partial charge < -0.3 is 10.1 Å². The summed E-state index contributed by atoms with van der Waals surface area (Å²) in [5.74, 6) is -2.08. The lowest BCUT2D eigenvalue weighted by Gasteiger charge is -2.11. The third-order valence-corrected chi connectivity index (χ3v) is 3.53. The van der Waals surface area contributed by atoms with Crippen LogP contribution in [0.15, 0.2) is 54.9 Å². The molecule has 134 valence electrons. The van der Waals surface area contributed by atoms with Crippen molar-refractivity contribution in [2.75, 3.05) is 0 Å². The lowest BCUT2D eigenvalue weighted by Crippen LogP contribution is -2.23. The van der Waals surface area contributed by atoms with Crippen LogP contribution in [0.4, 0.5) is 8.78 Å². The summed E-state index contributed by atoms with van der Waals surface area (Å²) in [5, 5.41) is 11.4. The van der Waals surface area contributed by atoms with Crippen LogP contribution in [-0.2, 0) is 6.54 Å². The first-order valence-corrected chi connectivity index (χ1v) is 7.78. The summed E-state index contributed by atoms with van der Waals surface area (Å²) in [7, 11) is 0. The molecule has 0 saturated heterocycles. The Labute approximate surface area is 153 Å². The van der Waals surface area contributed by atoms with Crippen molar-refractivity contribution >= 4 is 5.91 Å². The highest BCUT2D eigenvalue weighted by atomic mass is 19.1. The zero-order chi connectivity index (χ0) is 19.2. The molecule has 0 atom stereocenters. The molecule has 0 bridgehead atoms. The number of aromatic nitrogens is 2. The van der Waals surface area contributed by atoms with Gasteiger partial charge in [-0.3, -0.25) is 4.79 Å². The molecule has 0 radical (unpaired) electrons. The number of nitriles is 1. The van der Waals surface area contributed by atoms with Gasteiger partial charge in [-0.25, -0.2) is 18.7 Å². The summed E-state index contributed by atoms with van der Waals surface area (Å²) in [6.45, 7) is 0.0603. The van der Waals surface area contributed by atoms with E-state index in [4.69, 9.17) is 10.00 Å². The molecule has 3 rings (SSSR count). The number of nitrogens with one attached hydrogen (secondary N) is 1. The van der Waals surface area contributed by atoms with E-state index >= 15 is 0 Å². The first kappa shape index (κ1) is 17.9. The van der Waals surface area contributed by atoms with E-state index in [1.165, 1.54) is 24.5 Å². The molecule has 0 aliphatic carbocycles. The van der Waals surface area contributed by atoms with E-state index < -0.39 is 17.5 Å². The predicted octanol–water partition coefficient (Wildman–Crippen LogP) is 3.35. The Morgan fingerprint density at radius 1 is 1.19 bits per heavy atom. The Bertz CT molecular complexity index is 1020. The standard InChI is InChI=1S/C19H12F2N4O2/c20-14-4-6-17(16(21)8-14)27-19-13(2-1-7-23-19)11-25-18(26)12-3-5-15(9-22)24-10-12/h1-8,10H,11H2,(H,25,26). The number of pyridine rings is 2. The third-order valence-electron chi connectivity index (χ3n) is 3.53. The van der Waals surface area contributed by atoms with E-state index in [0.29, 0.717) is 11.6 Å². The number of halogens is 2.